The van der Waals surface area contributed by atoms with Crippen LogP contribution in [0.5, 0.6) is 0 Å². The average Bonchev–Trinajstić information content (AvgIpc) is 2.90. The molecule has 1 atom stereocenters. The van der Waals surface area contributed by atoms with Crippen LogP contribution in [0, 0.1) is 5.41 Å². The van der Waals surface area contributed by atoms with Gasteiger partial charge in [0.15, 0.2) is 5.41 Å². The summed E-state index contributed by atoms with van der Waals surface area (Å²) in [5.41, 5.74) is -2.44. The smallest absolute Gasteiger partial charge is 0.255 e. The molecular formula is C23H21BrCl2N2O4. The topological polar surface area (TPSA) is 66.9 Å². The van der Waals surface area contributed by atoms with E-state index < -0.39 is 28.6 Å². The van der Waals surface area contributed by atoms with Crippen LogP contribution in [0.25, 0.3) is 0 Å². The summed E-state index contributed by atoms with van der Waals surface area (Å²) in [7, 11) is 0. The van der Waals surface area contributed by atoms with Crippen LogP contribution >= 0.6 is 39.1 Å². The highest BCUT2D eigenvalue weighted by Crippen LogP contribution is 2.52. The van der Waals surface area contributed by atoms with Gasteiger partial charge in [0.05, 0.1) is 24.3 Å². The average molecular weight is 540 g/mol. The van der Waals surface area contributed by atoms with Crippen molar-refractivity contribution in [3.8, 4) is 0 Å². The molecule has 3 amide bonds. The van der Waals surface area contributed by atoms with Gasteiger partial charge in [-0.3, -0.25) is 14.4 Å². The Morgan fingerprint density at radius 2 is 1.53 bits per heavy atom. The van der Waals surface area contributed by atoms with Gasteiger partial charge >= 0.3 is 0 Å². The van der Waals surface area contributed by atoms with Crippen molar-refractivity contribution in [3.05, 3.63) is 62.5 Å². The van der Waals surface area contributed by atoms with E-state index in [1.165, 1.54) is 18.2 Å². The second-order valence-corrected chi connectivity index (χ2v) is 10.1. The summed E-state index contributed by atoms with van der Waals surface area (Å²) in [6.07, 6.45) is 0. The SMILES string of the molecule is CC1(C)C(=O)N(c2cc(Cl)cc(Cl)c2)C(=O)[C@@]1(C(=O)N1CCOCC1)c1ccc(Br)cc1. The van der Waals surface area contributed by atoms with E-state index in [0.717, 1.165) is 9.37 Å². The highest BCUT2D eigenvalue weighted by atomic mass is 79.9. The number of imide groups is 1. The van der Waals surface area contributed by atoms with Gasteiger partial charge in [-0.2, -0.15) is 0 Å². The predicted molar refractivity (Wildman–Crippen MR) is 126 cm³/mol. The zero-order chi connectivity index (χ0) is 23.3. The maximum Gasteiger partial charge on any atom is 0.255 e. The lowest BCUT2D eigenvalue weighted by Gasteiger charge is -2.40. The van der Waals surface area contributed by atoms with Gasteiger partial charge in [-0.05, 0) is 49.7 Å². The maximum atomic E-state index is 14.2. The largest absolute Gasteiger partial charge is 0.378 e. The summed E-state index contributed by atoms with van der Waals surface area (Å²) in [6.45, 7) is 4.71. The number of benzene rings is 2. The van der Waals surface area contributed by atoms with Crippen LogP contribution in [0.4, 0.5) is 5.69 Å². The third-order valence-electron chi connectivity index (χ3n) is 6.20. The second-order valence-electron chi connectivity index (χ2n) is 8.36. The minimum Gasteiger partial charge on any atom is -0.378 e. The van der Waals surface area contributed by atoms with Crippen LogP contribution in [0.2, 0.25) is 10.0 Å². The number of hydrogen-bond acceptors (Lipinski definition) is 4. The first-order valence-corrected chi connectivity index (χ1v) is 11.6. The first-order chi connectivity index (χ1) is 15.1. The number of nitrogens with zero attached hydrogens (tertiary/aromatic N) is 2. The van der Waals surface area contributed by atoms with Crippen molar-refractivity contribution in [1.29, 1.82) is 0 Å². The molecule has 2 aromatic carbocycles. The number of halogens is 3. The van der Waals surface area contributed by atoms with Crippen molar-refractivity contribution in [2.24, 2.45) is 5.41 Å². The van der Waals surface area contributed by atoms with Gasteiger partial charge in [-0.25, -0.2) is 4.90 Å². The zero-order valence-corrected chi connectivity index (χ0v) is 20.6. The van der Waals surface area contributed by atoms with E-state index in [-0.39, 0.29) is 15.7 Å². The van der Waals surface area contributed by atoms with Gasteiger partial charge in [0.25, 0.3) is 5.91 Å². The molecule has 2 saturated heterocycles. The molecule has 2 heterocycles. The highest BCUT2D eigenvalue weighted by molar-refractivity contribution is 9.10. The van der Waals surface area contributed by atoms with E-state index >= 15 is 0 Å². The van der Waals surface area contributed by atoms with E-state index in [1.54, 1.807) is 43.0 Å². The second kappa shape index (κ2) is 8.45. The molecule has 2 fully saturated rings. The Hall–Kier alpha value is -1.93. The van der Waals surface area contributed by atoms with E-state index in [1.807, 2.05) is 0 Å². The molecule has 4 rings (SSSR count). The molecule has 0 N–H and O–H groups in total. The van der Waals surface area contributed by atoms with Crippen LogP contribution in [-0.4, -0.2) is 48.9 Å². The lowest BCUT2D eigenvalue weighted by molar-refractivity contribution is -0.151. The van der Waals surface area contributed by atoms with Gasteiger partial charge in [-0.15, -0.1) is 0 Å². The predicted octanol–water partition coefficient (Wildman–Crippen LogP) is 4.45. The van der Waals surface area contributed by atoms with Crippen molar-refractivity contribution in [1.82, 2.24) is 4.90 Å². The normalized spacial score (nSPS) is 23.0. The Kier molecular flexibility index (Phi) is 6.13. The number of hydrogen-bond donors (Lipinski definition) is 0. The lowest BCUT2D eigenvalue weighted by Crippen LogP contribution is -2.59. The number of rotatable bonds is 3. The standard InChI is InChI=1S/C23H21BrCl2N2O4/c1-22(2)19(29)28(18-12-16(25)11-17(26)13-18)21(31)23(22,14-3-5-15(24)6-4-14)20(30)27-7-9-32-10-8-27/h3-6,11-13H,7-10H2,1-2H3/t23-/m0/s1. The molecule has 2 aliphatic rings. The van der Waals surface area contributed by atoms with Gasteiger partial charge in [0, 0.05) is 27.6 Å². The monoisotopic (exact) mass is 538 g/mol. The summed E-state index contributed by atoms with van der Waals surface area (Å²) in [6, 6.07) is 11.5. The van der Waals surface area contributed by atoms with Gasteiger partial charge < -0.3 is 9.64 Å². The molecule has 0 unspecified atom stereocenters. The zero-order valence-electron chi connectivity index (χ0n) is 17.5. The van der Waals surface area contributed by atoms with Gasteiger partial charge in [-0.1, -0.05) is 51.3 Å². The fraction of sp³-hybridized carbons (Fsp3) is 0.348. The Morgan fingerprint density at radius 1 is 0.969 bits per heavy atom. The number of morpholine rings is 1. The molecule has 0 saturated carbocycles. The molecule has 0 spiro atoms. The van der Waals surface area contributed by atoms with Crippen molar-refractivity contribution < 1.29 is 19.1 Å². The van der Waals surface area contributed by atoms with Crippen molar-refractivity contribution in [3.63, 3.8) is 0 Å². The lowest BCUT2D eigenvalue weighted by atomic mass is 9.62. The number of carbonyl (C=O) groups is 3. The number of anilines is 1. The molecule has 2 aromatic rings. The van der Waals surface area contributed by atoms with Crippen molar-refractivity contribution in [2.45, 2.75) is 19.3 Å². The number of ether oxygens (including phenoxy) is 1. The fourth-order valence-electron chi connectivity index (χ4n) is 4.54. The Labute approximate surface area is 204 Å². The molecule has 2 aliphatic heterocycles. The molecule has 0 aromatic heterocycles. The van der Waals surface area contributed by atoms with Crippen molar-refractivity contribution >= 4 is 62.5 Å². The quantitative estimate of drug-likeness (QED) is 0.427. The molecule has 6 nitrogen and oxygen atoms in total. The molecule has 9 heteroatoms. The van der Waals surface area contributed by atoms with Crippen LogP contribution < -0.4 is 4.90 Å². The number of amides is 3. The maximum absolute atomic E-state index is 14.2. The molecule has 0 aliphatic carbocycles. The van der Waals surface area contributed by atoms with E-state index in [9.17, 15) is 14.4 Å². The third kappa shape index (κ3) is 3.46. The summed E-state index contributed by atoms with van der Waals surface area (Å²) in [5, 5.41) is 0.568. The Balaban J connectivity index is 1.95. The molecule has 168 valence electrons. The molecule has 32 heavy (non-hydrogen) atoms. The first kappa shape index (κ1) is 23.2. The Bertz CT molecular complexity index is 1080. The third-order valence-corrected chi connectivity index (χ3v) is 7.17. The summed E-state index contributed by atoms with van der Waals surface area (Å²) >= 11 is 15.7. The van der Waals surface area contributed by atoms with E-state index in [0.29, 0.717) is 31.9 Å². The molecular weight excluding hydrogens is 519 g/mol. The highest BCUT2D eigenvalue weighted by Gasteiger charge is 2.70. The van der Waals surface area contributed by atoms with Gasteiger partial charge in [0.1, 0.15) is 0 Å². The summed E-state index contributed by atoms with van der Waals surface area (Å²) < 4.78 is 6.19. The van der Waals surface area contributed by atoms with Crippen LogP contribution in [0.15, 0.2) is 46.9 Å². The molecule has 0 bridgehead atoms. The summed E-state index contributed by atoms with van der Waals surface area (Å²) in [4.78, 5) is 44.6. The Morgan fingerprint density at radius 3 is 2.09 bits per heavy atom. The minimum atomic E-state index is -1.75. The molecule has 0 radical (unpaired) electrons. The fourth-order valence-corrected chi connectivity index (χ4v) is 5.32. The van der Waals surface area contributed by atoms with Crippen LogP contribution in [-0.2, 0) is 24.5 Å². The minimum absolute atomic E-state index is 0.235. The summed E-state index contributed by atoms with van der Waals surface area (Å²) in [5.74, 6) is -1.53. The van der Waals surface area contributed by atoms with E-state index in [4.69, 9.17) is 27.9 Å². The first-order valence-electron chi connectivity index (χ1n) is 10.1. The number of carbonyl (C=O) groups excluding carboxylic acids is 3. The van der Waals surface area contributed by atoms with Crippen LogP contribution in [0.3, 0.4) is 0 Å². The van der Waals surface area contributed by atoms with Gasteiger partial charge in [0.2, 0.25) is 11.8 Å². The van der Waals surface area contributed by atoms with Crippen LogP contribution in [0.1, 0.15) is 19.4 Å². The van der Waals surface area contributed by atoms with Crippen molar-refractivity contribution in [2.75, 3.05) is 31.2 Å². The van der Waals surface area contributed by atoms with E-state index in [2.05, 4.69) is 15.9 Å².